The highest BCUT2D eigenvalue weighted by Crippen LogP contribution is 2.30. The van der Waals surface area contributed by atoms with E-state index in [2.05, 4.69) is 10.4 Å². The number of benzene rings is 2. The van der Waals surface area contributed by atoms with Crippen molar-refractivity contribution in [1.82, 2.24) is 15.2 Å². The van der Waals surface area contributed by atoms with E-state index in [0.29, 0.717) is 24.4 Å². The molecule has 0 unspecified atom stereocenters. The summed E-state index contributed by atoms with van der Waals surface area (Å²) in [5.74, 6) is -0.170. The summed E-state index contributed by atoms with van der Waals surface area (Å²) in [5, 5.41) is 8.58. The Balaban J connectivity index is 1.52. The SMILES string of the molecule is Cc1ccc(C2=NN(C(=O)N[C@H](C)c3ccc(C(F)(F)F)cc3)C[C@@H]2N2CCOCC2=O)cc1. The molecule has 0 spiro atoms. The quantitative estimate of drug-likeness (QED) is 0.734. The molecule has 0 bridgehead atoms. The number of amides is 3. The molecule has 1 N–H and O–H groups in total. The molecule has 7 nitrogen and oxygen atoms in total. The van der Waals surface area contributed by atoms with Crippen LogP contribution >= 0.6 is 0 Å². The van der Waals surface area contributed by atoms with Crippen molar-refractivity contribution in [1.29, 1.82) is 0 Å². The monoisotopic (exact) mass is 474 g/mol. The number of hydrazone groups is 1. The number of alkyl halides is 3. The van der Waals surface area contributed by atoms with Crippen LogP contribution in [-0.4, -0.2) is 59.9 Å². The van der Waals surface area contributed by atoms with Gasteiger partial charge >= 0.3 is 12.2 Å². The number of hydrogen-bond acceptors (Lipinski definition) is 4. The van der Waals surface area contributed by atoms with E-state index in [1.54, 1.807) is 11.8 Å². The van der Waals surface area contributed by atoms with Crippen LogP contribution in [-0.2, 0) is 15.7 Å². The lowest BCUT2D eigenvalue weighted by Gasteiger charge is -2.33. The van der Waals surface area contributed by atoms with Gasteiger partial charge in [-0.3, -0.25) is 4.79 Å². The molecule has 1 saturated heterocycles. The number of urea groups is 1. The number of morpholine rings is 1. The highest BCUT2D eigenvalue weighted by atomic mass is 19.4. The predicted octanol–water partition coefficient (Wildman–Crippen LogP) is 3.73. The van der Waals surface area contributed by atoms with Gasteiger partial charge in [0.05, 0.1) is 36.5 Å². The molecule has 2 aromatic rings. The molecule has 0 aliphatic carbocycles. The zero-order valence-corrected chi connectivity index (χ0v) is 18.8. The third-order valence-corrected chi connectivity index (χ3v) is 5.95. The second kappa shape index (κ2) is 9.46. The third kappa shape index (κ3) is 5.06. The molecule has 0 aromatic heterocycles. The average Bonchev–Trinajstić information content (AvgIpc) is 3.25. The van der Waals surface area contributed by atoms with Crippen molar-refractivity contribution < 1.29 is 27.5 Å². The van der Waals surface area contributed by atoms with Crippen LogP contribution in [0, 0.1) is 6.92 Å². The van der Waals surface area contributed by atoms with Crippen molar-refractivity contribution in [3.8, 4) is 0 Å². The summed E-state index contributed by atoms with van der Waals surface area (Å²) >= 11 is 0. The Labute approximate surface area is 195 Å². The fraction of sp³-hybridized carbons (Fsp3) is 0.375. The molecule has 0 radical (unpaired) electrons. The minimum Gasteiger partial charge on any atom is -0.370 e. The smallest absolute Gasteiger partial charge is 0.370 e. The van der Waals surface area contributed by atoms with E-state index >= 15 is 0 Å². The van der Waals surface area contributed by atoms with Gasteiger partial charge in [0.25, 0.3) is 0 Å². The van der Waals surface area contributed by atoms with Gasteiger partial charge in [-0.05, 0) is 37.1 Å². The first-order valence-electron chi connectivity index (χ1n) is 10.9. The van der Waals surface area contributed by atoms with E-state index in [0.717, 1.165) is 23.3 Å². The number of nitrogens with zero attached hydrogens (tertiary/aromatic N) is 3. The lowest BCUT2D eigenvalue weighted by atomic mass is 10.0. The van der Waals surface area contributed by atoms with Crippen molar-refractivity contribution in [2.75, 3.05) is 26.3 Å². The molecule has 180 valence electrons. The summed E-state index contributed by atoms with van der Waals surface area (Å²) < 4.78 is 43.7. The van der Waals surface area contributed by atoms with E-state index in [1.165, 1.54) is 17.1 Å². The first-order valence-corrected chi connectivity index (χ1v) is 10.9. The molecule has 34 heavy (non-hydrogen) atoms. The van der Waals surface area contributed by atoms with Gasteiger partial charge < -0.3 is 15.0 Å². The summed E-state index contributed by atoms with van der Waals surface area (Å²) in [6, 6.07) is 10.9. The third-order valence-electron chi connectivity index (χ3n) is 5.95. The number of ether oxygens (including phenoxy) is 1. The van der Waals surface area contributed by atoms with Crippen molar-refractivity contribution in [3.63, 3.8) is 0 Å². The molecule has 2 atom stereocenters. The Morgan fingerprint density at radius 2 is 1.82 bits per heavy atom. The molecule has 2 aliphatic rings. The molecular formula is C24H25F3N4O3. The van der Waals surface area contributed by atoms with Gasteiger partial charge in [0.15, 0.2) is 0 Å². The standard InChI is InChI=1S/C24H25F3N4O3/c1-15-3-5-18(6-4-15)22-20(30-11-12-34-14-21(30)32)13-31(29-22)23(33)28-16(2)17-7-9-19(10-8-17)24(25,26)27/h3-10,16,20H,11-14H2,1-2H3,(H,28,33)/t16-,20+/m1/s1. The first kappa shape index (κ1) is 23.7. The summed E-state index contributed by atoms with van der Waals surface area (Å²) in [7, 11) is 0. The molecule has 4 rings (SSSR count). The largest absolute Gasteiger partial charge is 0.416 e. The average molecular weight is 474 g/mol. The lowest BCUT2D eigenvalue weighted by molar-refractivity contribution is -0.144. The van der Waals surface area contributed by atoms with Crippen molar-refractivity contribution in [3.05, 3.63) is 70.8 Å². The molecule has 3 amide bonds. The van der Waals surface area contributed by atoms with Gasteiger partial charge in [-0.1, -0.05) is 42.0 Å². The zero-order valence-electron chi connectivity index (χ0n) is 18.8. The Bertz CT molecular complexity index is 1080. The second-order valence-electron chi connectivity index (χ2n) is 8.38. The summed E-state index contributed by atoms with van der Waals surface area (Å²) in [6.45, 7) is 4.59. The van der Waals surface area contributed by atoms with Gasteiger partial charge in [0.1, 0.15) is 6.61 Å². The normalized spacial score (nSPS) is 19.7. The van der Waals surface area contributed by atoms with Crippen LogP contribution in [0.15, 0.2) is 53.6 Å². The Hall–Kier alpha value is -3.40. The second-order valence-corrected chi connectivity index (χ2v) is 8.38. The topological polar surface area (TPSA) is 74.2 Å². The molecule has 1 fully saturated rings. The van der Waals surface area contributed by atoms with E-state index < -0.39 is 29.9 Å². The molecule has 10 heteroatoms. The maximum atomic E-state index is 13.0. The van der Waals surface area contributed by atoms with Crippen LogP contribution in [0.4, 0.5) is 18.0 Å². The van der Waals surface area contributed by atoms with Crippen LogP contribution in [0.2, 0.25) is 0 Å². The van der Waals surface area contributed by atoms with E-state index in [9.17, 15) is 22.8 Å². The molecule has 2 aliphatic heterocycles. The number of hydrogen-bond donors (Lipinski definition) is 1. The molecule has 2 aromatic carbocycles. The fourth-order valence-electron chi connectivity index (χ4n) is 4.00. The fourth-order valence-corrected chi connectivity index (χ4v) is 4.00. The van der Waals surface area contributed by atoms with Crippen LogP contribution in [0.25, 0.3) is 0 Å². The summed E-state index contributed by atoms with van der Waals surface area (Å²) in [6.07, 6.45) is -4.42. The zero-order chi connectivity index (χ0) is 24.5. The van der Waals surface area contributed by atoms with E-state index in [4.69, 9.17) is 4.74 Å². The Morgan fingerprint density at radius 3 is 2.44 bits per heavy atom. The number of aryl methyl sites for hydroxylation is 1. The molecular weight excluding hydrogens is 449 g/mol. The van der Waals surface area contributed by atoms with Crippen molar-refractivity contribution in [2.45, 2.75) is 32.1 Å². The molecule has 2 heterocycles. The summed E-state index contributed by atoms with van der Waals surface area (Å²) in [4.78, 5) is 27.2. The highest BCUT2D eigenvalue weighted by Gasteiger charge is 2.38. The summed E-state index contributed by atoms with van der Waals surface area (Å²) in [5.41, 5.74) is 2.26. The van der Waals surface area contributed by atoms with Crippen molar-refractivity contribution in [2.24, 2.45) is 5.10 Å². The van der Waals surface area contributed by atoms with Crippen molar-refractivity contribution >= 4 is 17.6 Å². The number of rotatable bonds is 4. The van der Waals surface area contributed by atoms with Gasteiger partial charge in [-0.15, -0.1) is 0 Å². The van der Waals surface area contributed by atoms with Gasteiger partial charge in [-0.25, -0.2) is 9.80 Å². The Morgan fingerprint density at radius 1 is 1.15 bits per heavy atom. The van der Waals surface area contributed by atoms with Gasteiger partial charge in [0, 0.05) is 6.54 Å². The maximum absolute atomic E-state index is 13.0. The van der Waals surface area contributed by atoms with Crippen LogP contribution in [0.5, 0.6) is 0 Å². The van der Waals surface area contributed by atoms with Gasteiger partial charge in [0.2, 0.25) is 5.91 Å². The minimum absolute atomic E-state index is 0.0190. The molecule has 0 saturated carbocycles. The van der Waals surface area contributed by atoms with Gasteiger partial charge in [-0.2, -0.15) is 18.3 Å². The maximum Gasteiger partial charge on any atom is 0.416 e. The lowest BCUT2D eigenvalue weighted by Crippen LogP contribution is -2.52. The van der Waals surface area contributed by atoms with E-state index in [-0.39, 0.29) is 19.1 Å². The number of carbonyl (C=O) groups excluding carboxylic acids is 2. The van der Waals surface area contributed by atoms with Crippen LogP contribution in [0.1, 0.15) is 35.2 Å². The predicted molar refractivity (Wildman–Crippen MR) is 119 cm³/mol. The number of carbonyl (C=O) groups is 2. The number of halogens is 3. The Kier molecular flexibility index (Phi) is 6.60. The number of nitrogens with one attached hydrogen (secondary N) is 1. The highest BCUT2D eigenvalue weighted by molar-refractivity contribution is 6.08. The van der Waals surface area contributed by atoms with Crippen LogP contribution < -0.4 is 5.32 Å². The minimum atomic E-state index is -4.42. The first-order chi connectivity index (χ1) is 16.1. The van der Waals surface area contributed by atoms with Crippen LogP contribution in [0.3, 0.4) is 0 Å². The van der Waals surface area contributed by atoms with E-state index in [1.807, 2.05) is 31.2 Å².